The van der Waals surface area contributed by atoms with E-state index in [1.807, 2.05) is 0 Å². The monoisotopic (exact) mass is 315 g/mol. The van der Waals surface area contributed by atoms with Crippen LogP contribution < -0.4 is 5.32 Å². The van der Waals surface area contributed by atoms with Gasteiger partial charge in [0.25, 0.3) is 5.91 Å². The molecule has 3 rings (SSSR count). The van der Waals surface area contributed by atoms with Crippen LogP contribution in [0.5, 0.6) is 0 Å². The van der Waals surface area contributed by atoms with Gasteiger partial charge in [-0.3, -0.25) is 4.79 Å². The Morgan fingerprint density at radius 3 is 3.00 bits per heavy atom. The molecule has 3 aliphatic carbocycles. The van der Waals surface area contributed by atoms with E-state index >= 15 is 0 Å². The first-order chi connectivity index (χ1) is 11.0. The first-order valence-corrected chi connectivity index (χ1v) is 9.11. The average Bonchev–Trinajstić information content (AvgIpc) is 2.74. The number of hydrogen-bond acceptors (Lipinski definition) is 2. The molecule has 0 aromatic carbocycles. The maximum atomic E-state index is 11.1. The number of amides is 1. The van der Waals surface area contributed by atoms with E-state index in [9.17, 15) is 9.90 Å². The zero-order valence-corrected chi connectivity index (χ0v) is 14.2. The van der Waals surface area contributed by atoms with Crippen molar-refractivity contribution in [2.75, 3.05) is 6.54 Å². The Morgan fingerprint density at radius 1 is 1.48 bits per heavy atom. The van der Waals surface area contributed by atoms with Gasteiger partial charge >= 0.3 is 0 Å². The van der Waals surface area contributed by atoms with Crippen molar-refractivity contribution in [1.82, 2.24) is 5.32 Å². The molecule has 4 unspecified atom stereocenters. The van der Waals surface area contributed by atoms with Crippen LogP contribution >= 0.6 is 0 Å². The topological polar surface area (TPSA) is 49.3 Å². The first kappa shape index (κ1) is 16.6. The van der Waals surface area contributed by atoms with Crippen LogP contribution in [0, 0.1) is 41.4 Å². The summed E-state index contributed by atoms with van der Waals surface area (Å²) in [6.07, 6.45) is 12.8. The summed E-state index contributed by atoms with van der Waals surface area (Å²) in [4.78, 5) is 11.1. The summed E-state index contributed by atoms with van der Waals surface area (Å²) >= 11 is 0. The van der Waals surface area contributed by atoms with E-state index in [4.69, 9.17) is 6.42 Å². The van der Waals surface area contributed by atoms with Gasteiger partial charge in [0, 0.05) is 12.0 Å². The van der Waals surface area contributed by atoms with E-state index in [1.165, 1.54) is 19.3 Å². The second-order valence-corrected chi connectivity index (χ2v) is 8.02. The van der Waals surface area contributed by atoms with Crippen LogP contribution in [0.1, 0.15) is 51.9 Å². The normalized spacial score (nSPS) is 42.0. The molecule has 2 bridgehead atoms. The molecule has 3 saturated carbocycles. The molecule has 0 saturated heterocycles. The summed E-state index contributed by atoms with van der Waals surface area (Å²) in [7, 11) is 0. The van der Waals surface area contributed by atoms with E-state index < -0.39 is 0 Å². The maximum absolute atomic E-state index is 11.1. The molecule has 6 atom stereocenters. The minimum absolute atomic E-state index is 0.0965. The predicted molar refractivity (Wildman–Crippen MR) is 91.4 cm³/mol. The molecule has 126 valence electrons. The number of carbonyl (C=O) groups excluding carboxylic acids is 1. The van der Waals surface area contributed by atoms with Crippen molar-refractivity contribution in [1.29, 1.82) is 0 Å². The highest BCUT2D eigenvalue weighted by Crippen LogP contribution is 2.64. The van der Waals surface area contributed by atoms with Crippen LogP contribution in [0.3, 0.4) is 0 Å². The lowest BCUT2D eigenvalue weighted by Gasteiger charge is -2.52. The van der Waals surface area contributed by atoms with Crippen LogP contribution in [0.4, 0.5) is 0 Å². The van der Waals surface area contributed by atoms with E-state index in [2.05, 4.69) is 24.7 Å². The minimum atomic E-state index is -0.318. The molecule has 23 heavy (non-hydrogen) atoms. The Bertz CT molecular complexity index is 534. The number of aliphatic hydroxyl groups excluding tert-OH is 1. The molecule has 0 aromatic rings. The quantitative estimate of drug-likeness (QED) is 0.476. The summed E-state index contributed by atoms with van der Waals surface area (Å²) in [5, 5.41) is 13.6. The molecular formula is C20H29NO2. The van der Waals surface area contributed by atoms with Gasteiger partial charge < -0.3 is 10.4 Å². The zero-order valence-electron chi connectivity index (χ0n) is 14.2. The fourth-order valence-corrected chi connectivity index (χ4v) is 5.85. The van der Waals surface area contributed by atoms with Gasteiger partial charge in [0.15, 0.2) is 0 Å². The van der Waals surface area contributed by atoms with Crippen LogP contribution in [0.2, 0.25) is 0 Å². The highest BCUT2D eigenvalue weighted by atomic mass is 16.3. The number of hydrogen-bond donors (Lipinski definition) is 2. The minimum Gasteiger partial charge on any atom is -0.388 e. The first-order valence-electron chi connectivity index (χ1n) is 9.11. The van der Waals surface area contributed by atoms with Crippen LogP contribution in [-0.2, 0) is 4.79 Å². The van der Waals surface area contributed by atoms with Crippen LogP contribution in [0.25, 0.3) is 0 Å². The van der Waals surface area contributed by atoms with E-state index in [1.54, 1.807) is 0 Å². The second-order valence-electron chi connectivity index (χ2n) is 8.02. The lowest BCUT2D eigenvalue weighted by molar-refractivity contribution is -0.115. The largest absolute Gasteiger partial charge is 0.388 e. The molecule has 0 heterocycles. The van der Waals surface area contributed by atoms with E-state index in [0.29, 0.717) is 30.2 Å². The van der Waals surface area contributed by atoms with Crippen molar-refractivity contribution in [3.63, 3.8) is 0 Å². The second kappa shape index (κ2) is 6.32. The molecule has 0 aliphatic heterocycles. The molecule has 3 nitrogen and oxygen atoms in total. The Hall–Kier alpha value is -1.27. The Labute approximate surface area is 139 Å². The highest BCUT2D eigenvalue weighted by Gasteiger charge is 2.59. The van der Waals surface area contributed by atoms with Gasteiger partial charge in [-0.2, -0.15) is 0 Å². The standard InChI is InChI=1S/C20H29NO2/c1-4-18(22)21-11-5-6-16-13(2)9-10-20-12-15(7-8-17(16)20)14(3)19(20)23/h1,13,15-17,19,23H,3,5-12H2,2H3,(H,21,22)/t13?,15-,16?,17?,19?,20-/m1/s1. The third kappa shape index (κ3) is 2.72. The number of aliphatic hydroxyl groups is 1. The zero-order chi connectivity index (χ0) is 16.6. The molecule has 3 heteroatoms. The molecule has 2 N–H and O–H groups in total. The Balaban J connectivity index is 1.67. The lowest BCUT2D eigenvalue weighted by Crippen LogP contribution is -2.48. The van der Waals surface area contributed by atoms with Gasteiger partial charge in [-0.05, 0) is 80.1 Å². The molecule has 0 radical (unpaired) electrons. The maximum Gasteiger partial charge on any atom is 0.295 e. The van der Waals surface area contributed by atoms with Crippen LogP contribution in [0.15, 0.2) is 12.2 Å². The van der Waals surface area contributed by atoms with Crippen molar-refractivity contribution in [2.24, 2.45) is 29.1 Å². The number of nitrogens with one attached hydrogen (secondary N) is 1. The molecule has 3 aliphatic rings. The van der Waals surface area contributed by atoms with Crippen molar-refractivity contribution in [3.8, 4) is 12.3 Å². The van der Waals surface area contributed by atoms with Crippen LogP contribution in [-0.4, -0.2) is 23.7 Å². The molecule has 1 spiro atoms. The van der Waals surface area contributed by atoms with E-state index in [0.717, 1.165) is 31.3 Å². The van der Waals surface area contributed by atoms with Gasteiger partial charge in [-0.15, -0.1) is 6.42 Å². The SMILES string of the molecule is C#CC(=O)NCCCC1C(C)CC[C@@]23C[C@@H](CCC12)C(=C)C3O. The summed E-state index contributed by atoms with van der Waals surface area (Å²) in [5.41, 5.74) is 1.20. The van der Waals surface area contributed by atoms with Crippen molar-refractivity contribution < 1.29 is 9.90 Å². The summed E-state index contributed by atoms with van der Waals surface area (Å²) in [5.74, 6) is 4.28. The highest BCUT2D eigenvalue weighted by molar-refractivity contribution is 5.92. The smallest absolute Gasteiger partial charge is 0.295 e. The fourth-order valence-electron chi connectivity index (χ4n) is 5.85. The molecule has 0 aromatic heterocycles. The van der Waals surface area contributed by atoms with Gasteiger partial charge in [-0.25, -0.2) is 0 Å². The van der Waals surface area contributed by atoms with Gasteiger partial charge in [0.05, 0.1) is 6.10 Å². The van der Waals surface area contributed by atoms with Gasteiger partial charge in [0.2, 0.25) is 0 Å². The van der Waals surface area contributed by atoms with Crippen molar-refractivity contribution in [2.45, 2.75) is 58.0 Å². The third-order valence-corrected chi connectivity index (χ3v) is 7.05. The van der Waals surface area contributed by atoms with Crippen molar-refractivity contribution >= 4 is 5.91 Å². The van der Waals surface area contributed by atoms with E-state index in [-0.39, 0.29) is 17.4 Å². The number of fused-ring (bicyclic) bond motifs is 1. The fraction of sp³-hybridized carbons (Fsp3) is 0.750. The molecular weight excluding hydrogens is 286 g/mol. The van der Waals surface area contributed by atoms with Gasteiger partial charge in [-0.1, -0.05) is 13.5 Å². The van der Waals surface area contributed by atoms with Gasteiger partial charge in [0.1, 0.15) is 0 Å². The number of carbonyl (C=O) groups is 1. The molecule has 3 fully saturated rings. The summed E-state index contributed by atoms with van der Waals surface area (Å²) < 4.78 is 0. The Morgan fingerprint density at radius 2 is 2.26 bits per heavy atom. The third-order valence-electron chi connectivity index (χ3n) is 7.05. The molecule has 1 amide bonds. The summed E-state index contributed by atoms with van der Waals surface area (Å²) in [6, 6.07) is 0. The number of rotatable bonds is 4. The predicted octanol–water partition coefficient (Wildman–Crippen LogP) is 2.90. The average molecular weight is 315 g/mol. The Kier molecular flexibility index (Phi) is 4.56. The van der Waals surface area contributed by atoms with Crippen molar-refractivity contribution in [3.05, 3.63) is 12.2 Å². The summed E-state index contributed by atoms with van der Waals surface area (Å²) in [6.45, 7) is 7.21. The lowest BCUT2D eigenvalue weighted by atomic mass is 9.53. The number of terminal acetylenes is 1.